The quantitative estimate of drug-likeness (QED) is 0.618. The first kappa shape index (κ1) is 8.47. The molecule has 0 aliphatic heterocycles. The van der Waals surface area contributed by atoms with Crippen molar-refractivity contribution in [3.63, 3.8) is 0 Å². The summed E-state index contributed by atoms with van der Waals surface area (Å²) in [6.07, 6.45) is 3.07. The molecule has 0 aromatic rings. The molecule has 0 amide bonds. The molecule has 0 unspecified atom stereocenters. The smallest absolute Gasteiger partial charge is 0.155 e. The summed E-state index contributed by atoms with van der Waals surface area (Å²) in [6.45, 7) is 4.13. The van der Waals surface area contributed by atoms with Crippen molar-refractivity contribution in [2.24, 2.45) is 5.41 Å². The fourth-order valence-electron chi connectivity index (χ4n) is 1.32. The standard InChI is InChI=1S/C9H14O2/c1-9(2)4-3-8(11)5-7(9)6-10/h5,10H,3-4,6H2,1-2H3. The average molecular weight is 154 g/mol. The summed E-state index contributed by atoms with van der Waals surface area (Å²) in [5.41, 5.74) is 0.886. The second-order valence-electron chi connectivity index (χ2n) is 3.68. The van der Waals surface area contributed by atoms with Crippen LogP contribution < -0.4 is 0 Å². The Kier molecular flexibility index (Phi) is 2.14. The normalized spacial score (nSPS) is 23.2. The van der Waals surface area contributed by atoms with Gasteiger partial charge in [0.2, 0.25) is 0 Å². The number of rotatable bonds is 1. The van der Waals surface area contributed by atoms with Crippen LogP contribution in [0.4, 0.5) is 0 Å². The van der Waals surface area contributed by atoms with Crippen molar-refractivity contribution >= 4 is 5.78 Å². The van der Waals surface area contributed by atoms with Crippen molar-refractivity contribution in [1.82, 2.24) is 0 Å². The minimum absolute atomic E-state index is 0.0126. The van der Waals surface area contributed by atoms with E-state index < -0.39 is 0 Å². The van der Waals surface area contributed by atoms with Gasteiger partial charge in [-0.15, -0.1) is 0 Å². The van der Waals surface area contributed by atoms with Crippen molar-refractivity contribution < 1.29 is 9.90 Å². The second kappa shape index (κ2) is 2.78. The third kappa shape index (κ3) is 1.69. The summed E-state index contributed by atoms with van der Waals surface area (Å²) in [5, 5.41) is 8.92. The van der Waals surface area contributed by atoms with Crippen LogP contribution in [0.15, 0.2) is 11.6 Å². The third-order valence-electron chi connectivity index (χ3n) is 2.37. The lowest BCUT2D eigenvalue weighted by Gasteiger charge is -2.29. The SMILES string of the molecule is CC1(C)CCC(=O)C=C1CO. The van der Waals surface area contributed by atoms with Crippen molar-refractivity contribution in [2.45, 2.75) is 26.7 Å². The van der Waals surface area contributed by atoms with E-state index >= 15 is 0 Å². The minimum Gasteiger partial charge on any atom is -0.392 e. The van der Waals surface area contributed by atoms with Crippen molar-refractivity contribution in [2.75, 3.05) is 6.61 Å². The molecule has 11 heavy (non-hydrogen) atoms. The van der Waals surface area contributed by atoms with Crippen LogP contribution in [0, 0.1) is 5.41 Å². The van der Waals surface area contributed by atoms with Crippen LogP contribution >= 0.6 is 0 Å². The molecule has 0 aromatic heterocycles. The van der Waals surface area contributed by atoms with E-state index in [-0.39, 0.29) is 17.8 Å². The highest BCUT2D eigenvalue weighted by Crippen LogP contribution is 2.34. The van der Waals surface area contributed by atoms with Gasteiger partial charge in [0.1, 0.15) is 0 Å². The van der Waals surface area contributed by atoms with E-state index in [1.807, 2.05) is 0 Å². The summed E-state index contributed by atoms with van der Waals surface area (Å²) < 4.78 is 0. The number of carbonyl (C=O) groups excluding carboxylic acids is 1. The molecule has 1 aliphatic carbocycles. The number of ketones is 1. The Balaban J connectivity index is 2.89. The van der Waals surface area contributed by atoms with Crippen LogP contribution in [-0.4, -0.2) is 17.5 Å². The molecular formula is C9H14O2. The van der Waals surface area contributed by atoms with Crippen molar-refractivity contribution in [1.29, 1.82) is 0 Å². The highest BCUT2D eigenvalue weighted by molar-refractivity contribution is 5.91. The summed E-state index contributed by atoms with van der Waals surface area (Å²) in [7, 11) is 0. The van der Waals surface area contributed by atoms with E-state index in [1.54, 1.807) is 6.08 Å². The van der Waals surface area contributed by atoms with E-state index in [1.165, 1.54) is 0 Å². The first-order chi connectivity index (χ1) is 5.06. The third-order valence-corrected chi connectivity index (χ3v) is 2.37. The van der Waals surface area contributed by atoms with E-state index in [9.17, 15) is 4.79 Å². The minimum atomic E-state index is 0.0126. The molecule has 0 radical (unpaired) electrons. The highest BCUT2D eigenvalue weighted by atomic mass is 16.3. The topological polar surface area (TPSA) is 37.3 Å². The molecule has 1 N–H and O–H groups in total. The molecule has 0 fully saturated rings. The number of aliphatic hydroxyl groups excluding tert-OH is 1. The van der Waals surface area contributed by atoms with Gasteiger partial charge in [-0.25, -0.2) is 0 Å². The van der Waals surface area contributed by atoms with Gasteiger partial charge in [0.05, 0.1) is 6.61 Å². The fourth-order valence-corrected chi connectivity index (χ4v) is 1.32. The van der Waals surface area contributed by atoms with E-state index in [2.05, 4.69) is 13.8 Å². The maximum Gasteiger partial charge on any atom is 0.155 e. The van der Waals surface area contributed by atoms with Gasteiger partial charge < -0.3 is 5.11 Å². The first-order valence-electron chi connectivity index (χ1n) is 3.91. The molecule has 0 heterocycles. The Morgan fingerprint density at radius 2 is 2.27 bits per heavy atom. The van der Waals surface area contributed by atoms with Gasteiger partial charge in [0, 0.05) is 6.42 Å². The Hall–Kier alpha value is -0.630. The monoisotopic (exact) mass is 154 g/mol. The van der Waals surface area contributed by atoms with Crippen LogP contribution in [0.25, 0.3) is 0 Å². The van der Waals surface area contributed by atoms with Gasteiger partial charge in [0.15, 0.2) is 5.78 Å². The largest absolute Gasteiger partial charge is 0.392 e. The van der Waals surface area contributed by atoms with E-state index in [0.717, 1.165) is 12.0 Å². The molecule has 62 valence electrons. The summed E-state index contributed by atoms with van der Waals surface area (Å²) in [5.74, 6) is 0.147. The van der Waals surface area contributed by atoms with Gasteiger partial charge in [-0.3, -0.25) is 4.79 Å². The number of allylic oxidation sites excluding steroid dienone is 1. The molecule has 2 nitrogen and oxygen atoms in total. The van der Waals surface area contributed by atoms with Crippen LogP contribution in [-0.2, 0) is 4.79 Å². The Morgan fingerprint density at radius 1 is 1.64 bits per heavy atom. The summed E-state index contributed by atoms with van der Waals surface area (Å²) >= 11 is 0. The predicted octanol–water partition coefficient (Wildman–Crippen LogP) is 1.29. The summed E-state index contributed by atoms with van der Waals surface area (Å²) in [6, 6.07) is 0. The van der Waals surface area contributed by atoms with Crippen molar-refractivity contribution in [3.05, 3.63) is 11.6 Å². The number of aliphatic hydroxyl groups is 1. The van der Waals surface area contributed by atoms with Crippen LogP contribution in [0.1, 0.15) is 26.7 Å². The van der Waals surface area contributed by atoms with Gasteiger partial charge in [-0.1, -0.05) is 13.8 Å². The van der Waals surface area contributed by atoms with Crippen LogP contribution in [0.3, 0.4) is 0 Å². The predicted molar refractivity (Wildman–Crippen MR) is 43.2 cm³/mol. The molecule has 0 atom stereocenters. The molecular weight excluding hydrogens is 140 g/mol. The van der Waals surface area contributed by atoms with Gasteiger partial charge in [0.25, 0.3) is 0 Å². The van der Waals surface area contributed by atoms with E-state index in [4.69, 9.17) is 5.11 Å². The molecule has 1 aliphatic rings. The Bertz CT molecular complexity index is 202. The molecule has 0 aromatic carbocycles. The lowest BCUT2D eigenvalue weighted by molar-refractivity contribution is -0.115. The molecule has 0 bridgehead atoms. The van der Waals surface area contributed by atoms with E-state index in [0.29, 0.717) is 6.42 Å². The number of hydrogen-bond acceptors (Lipinski definition) is 2. The lowest BCUT2D eigenvalue weighted by Crippen LogP contribution is -2.23. The highest BCUT2D eigenvalue weighted by Gasteiger charge is 2.27. The Morgan fingerprint density at radius 3 is 2.73 bits per heavy atom. The zero-order valence-corrected chi connectivity index (χ0v) is 7.05. The Labute approximate surface area is 66.9 Å². The average Bonchev–Trinajstić information content (AvgIpc) is 1.94. The number of hydrogen-bond donors (Lipinski definition) is 1. The zero-order valence-electron chi connectivity index (χ0n) is 7.05. The maximum absolute atomic E-state index is 10.9. The second-order valence-corrected chi connectivity index (χ2v) is 3.68. The van der Waals surface area contributed by atoms with Gasteiger partial charge in [-0.05, 0) is 23.5 Å². The molecule has 0 spiro atoms. The van der Waals surface area contributed by atoms with Gasteiger partial charge >= 0.3 is 0 Å². The fraction of sp³-hybridized carbons (Fsp3) is 0.667. The summed E-state index contributed by atoms with van der Waals surface area (Å²) in [4.78, 5) is 10.9. The molecule has 1 rings (SSSR count). The lowest BCUT2D eigenvalue weighted by atomic mass is 9.76. The number of carbonyl (C=O) groups is 1. The maximum atomic E-state index is 10.9. The van der Waals surface area contributed by atoms with Crippen molar-refractivity contribution in [3.8, 4) is 0 Å². The van der Waals surface area contributed by atoms with Crippen LogP contribution in [0.2, 0.25) is 0 Å². The molecule has 0 saturated carbocycles. The zero-order chi connectivity index (χ0) is 8.48. The first-order valence-corrected chi connectivity index (χ1v) is 3.91. The molecule has 0 saturated heterocycles. The van der Waals surface area contributed by atoms with Crippen LogP contribution in [0.5, 0.6) is 0 Å². The molecule has 2 heteroatoms. The van der Waals surface area contributed by atoms with Gasteiger partial charge in [-0.2, -0.15) is 0 Å².